The smallest absolute Gasteiger partial charge is 0.293 e. The number of amides is 2. The SMILES string of the molecule is C=CCc1cc(/C=C2/SC(=O)N(Cc3cccc4ccccc34)C2=O)cc(OC)c1OCc1ccc(Cl)cc1Cl. The Kier molecular flexibility index (Phi) is 8.50. The minimum Gasteiger partial charge on any atom is -0.493 e. The summed E-state index contributed by atoms with van der Waals surface area (Å²) in [7, 11) is 1.55. The standard InChI is InChI=1S/C32H25Cl2NO4S/c1-3-7-22-14-20(15-28(38-2)30(22)39-19-24-12-13-25(33)17-27(24)34)16-29-31(36)35(32(37)40-29)18-23-10-6-9-21-8-4-5-11-26(21)23/h3-6,8-17H,1,7,18-19H2,2H3/b29-16+. The number of nitrogens with zero attached hydrogens (tertiary/aromatic N) is 1. The van der Waals surface area contributed by atoms with Crippen molar-refractivity contribution >= 4 is 63.0 Å². The first kappa shape index (κ1) is 27.8. The Balaban J connectivity index is 1.41. The molecule has 202 valence electrons. The molecular weight excluding hydrogens is 565 g/mol. The predicted octanol–water partition coefficient (Wildman–Crippen LogP) is 8.70. The number of carbonyl (C=O) groups excluding carboxylic acids is 2. The highest BCUT2D eigenvalue weighted by atomic mass is 35.5. The van der Waals surface area contributed by atoms with Gasteiger partial charge in [0, 0.05) is 21.2 Å². The van der Waals surface area contributed by atoms with Crippen LogP contribution in [0.5, 0.6) is 11.5 Å². The molecule has 0 aliphatic carbocycles. The summed E-state index contributed by atoms with van der Waals surface area (Å²) in [5.74, 6) is 0.713. The van der Waals surface area contributed by atoms with Crippen molar-refractivity contribution in [3.05, 3.63) is 123 Å². The fourth-order valence-corrected chi connectivity index (χ4v) is 5.87. The van der Waals surface area contributed by atoms with Crippen LogP contribution in [0.2, 0.25) is 10.0 Å². The number of allylic oxidation sites excluding steroid dienone is 1. The fraction of sp³-hybridized carbons (Fsp3) is 0.125. The van der Waals surface area contributed by atoms with Crippen molar-refractivity contribution in [2.24, 2.45) is 0 Å². The quantitative estimate of drug-likeness (QED) is 0.144. The third-order valence-electron chi connectivity index (χ3n) is 6.51. The van der Waals surface area contributed by atoms with Crippen LogP contribution in [-0.4, -0.2) is 23.2 Å². The fourth-order valence-electron chi connectivity index (χ4n) is 4.57. The van der Waals surface area contributed by atoms with Gasteiger partial charge >= 0.3 is 0 Å². The van der Waals surface area contributed by atoms with Gasteiger partial charge in [-0.15, -0.1) is 6.58 Å². The number of rotatable bonds is 9. The molecule has 0 saturated carbocycles. The van der Waals surface area contributed by atoms with Crippen LogP contribution < -0.4 is 9.47 Å². The molecule has 5 rings (SSSR count). The zero-order valence-corrected chi connectivity index (χ0v) is 24.0. The van der Waals surface area contributed by atoms with Gasteiger partial charge in [-0.05, 0) is 70.4 Å². The second-order valence-electron chi connectivity index (χ2n) is 9.13. The van der Waals surface area contributed by atoms with E-state index in [0.717, 1.165) is 39.2 Å². The molecule has 1 aliphatic rings. The zero-order valence-electron chi connectivity index (χ0n) is 21.7. The van der Waals surface area contributed by atoms with Crippen LogP contribution in [-0.2, 0) is 24.4 Å². The highest BCUT2D eigenvalue weighted by Crippen LogP contribution is 2.38. The molecule has 0 aromatic heterocycles. The van der Waals surface area contributed by atoms with E-state index in [1.165, 1.54) is 4.90 Å². The van der Waals surface area contributed by atoms with Crippen molar-refractivity contribution in [2.45, 2.75) is 19.6 Å². The molecule has 0 N–H and O–H groups in total. The van der Waals surface area contributed by atoms with Gasteiger partial charge in [0.1, 0.15) is 6.61 Å². The summed E-state index contributed by atoms with van der Waals surface area (Å²) in [6.07, 6.45) is 3.98. The van der Waals surface area contributed by atoms with Crippen LogP contribution in [0, 0.1) is 0 Å². The second-order valence-corrected chi connectivity index (χ2v) is 11.0. The average molecular weight is 591 g/mol. The summed E-state index contributed by atoms with van der Waals surface area (Å²) >= 11 is 13.3. The van der Waals surface area contributed by atoms with Crippen molar-refractivity contribution in [3.63, 3.8) is 0 Å². The molecule has 1 heterocycles. The maximum absolute atomic E-state index is 13.3. The summed E-state index contributed by atoms with van der Waals surface area (Å²) in [5, 5.41) is 2.83. The Labute approximate surface area is 247 Å². The summed E-state index contributed by atoms with van der Waals surface area (Å²) in [6.45, 7) is 4.28. The number of hydrogen-bond donors (Lipinski definition) is 0. The highest BCUT2D eigenvalue weighted by Gasteiger charge is 2.35. The molecule has 0 atom stereocenters. The van der Waals surface area contributed by atoms with E-state index in [-0.39, 0.29) is 24.3 Å². The molecule has 1 fully saturated rings. The Morgan fingerprint density at radius 3 is 2.52 bits per heavy atom. The van der Waals surface area contributed by atoms with Crippen LogP contribution in [0.4, 0.5) is 4.79 Å². The van der Waals surface area contributed by atoms with Crippen molar-refractivity contribution in [3.8, 4) is 11.5 Å². The van der Waals surface area contributed by atoms with Crippen molar-refractivity contribution < 1.29 is 19.1 Å². The molecule has 4 aromatic rings. The summed E-state index contributed by atoms with van der Waals surface area (Å²) in [5.41, 5.74) is 3.22. The van der Waals surface area contributed by atoms with Gasteiger partial charge in [-0.2, -0.15) is 0 Å². The molecular formula is C32H25Cl2NO4S. The normalized spacial score (nSPS) is 14.3. The highest BCUT2D eigenvalue weighted by molar-refractivity contribution is 8.18. The van der Waals surface area contributed by atoms with Gasteiger partial charge in [-0.1, -0.05) is 77.8 Å². The van der Waals surface area contributed by atoms with E-state index < -0.39 is 0 Å². The molecule has 0 bridgehead atoms. The molecule has 40 heavy (non-hydrogen) atoms. The zero-order chi connectivity index (χ0) is 28.2. The monoisotopic (exact) mass is 589 g/mol. The molecule has 4 aromatic carbocycles. The van der Waals surface area contributed by atoms with Crippen LogP contribution in [0.15, 0.2) is 90.4 Å². The van der Waals surface area contributed by atoms with Crippen LogP contribution in [0.3, 0.4) is 0 Å². The molecule has 5 nitrogen and oxygen atoms in total. The lowest BCUT2D eigenvalue weighted by Gasteiger charge is -2.16. The first-order chi connectivity index (χ1) is 19.4. The van der Waals surface area contributed by atoms with E-state index >= 15 is 0 Å². The van der Waals surface area contributed by atoms with Crippen LogP contribution in [0.1, 0.15) is 22.3 Å². The Morgan fingerprint density at radius 1 is 0.950 bits per heavy atom. The van der Waals surface area contributed by atoms with E-state index in [2.05, 4.69) is 6.58 Å². The number of fused-ring (bicyclic) bond motifs is 1. The molecule has 0 radical (unpaired) electrons. The predicted molar refractivity (Wildman–Crippen MR) is 163 cm³/mol. The Hall–Kier alpha value is -3.71. The van der Waals surface area contributed by atoms with E-state index in [9.17, 15) is 9.59 Å². The van der Waals surface area contributed by atoms with Gasteiger partial charge in [0.2, 0.25) is 0 Å². The first-order valence-corrected chi connectivity index (χ1v) is 14.1. The first-order valence-electron chi connectivity index (χ1n) is 12.5. The number of imide groups is 1. The minimum atomic E-state index is -0.329. The molecule has 1 aliphatic heterocycles. The average Bonchev–Trinajstić information content (AvgIpc) is 3.20. The van der Waals surface area contributed by atoms with Gasteiger partial charge in [-0.3, -0.25) is 14.5 Å². The lowest BCUT2D eigenvalue weighted by Crippen LogP contribution is -2.27. The van der Waals surface area contributed by atoms with Crippen LogP contribution in [0.25, 0.3) is 16.8 Å². The lowest BCUT2D eigenvalue weighted by molar-refractivity contribution is -0.123. The topological polar surface area (TPSA) is 55.8 Å². The van der Waals surface area contributed by atoms with E-state index in [4.69, 9.17) is 32.7 Å². The van der Waals surface area contributed by atoms with Crippen molar-refractivity contribution in [2.75, 3.05) is 7.11 Å². The van der Waals surface area contributed by atoms with Gasteiger partial charge in [0.05, 0.1) is 18.6 Å². The number of carbonyl (C=O) groups is 2. The third kappa shape index (κ3) is 5.89. The van der Waals surface area contributed by atoms with E-state index in [1.54, 1.807) is 37.5 Å². The van der Waals surface area contributed by atoms with Gasteiger partial charge in [0.25, 0.3) is 11.1 Å². The number of halogens is 2. The molecule has 0 spiro atoms. The molecule has 0 unspecified atom stereocenters. The van der Waals surface area contributed by atoms with Crippen molar-refractivity contribution in [1.29, 1.82) is 0 Å². The van der Waals surface area contributed by atoms with E-state index in [0.29, 0.717) is 38.4 Å². The summed E-state index contributed by atoms with van der Waals surface area (Å²) in [6, 6.07) is 22.7. The number of hydrogen-bond acceptors (Lipinski definition) is 5. The molecule has 1 saturated heterocycles. The third-order valence-corrected chi connectivity index (χ3v) is 8.00. The maximum atomic E-state index is 13.3. The maximum Gasteiger partial charge on any atom is 0.293 e. The van der Waals surface area contributed by atoms with Crippen molar-refractivity contribution in [1.82, 2.24) is 4.90 Å². The minimum absolute atomic E-state index is 0.203. The van der Waals surface area contributed by atoms with E-state index in [1.807, 2.05) is 54.6 Å². The lowest BCUT2D eigenvalue weighted by atomic mass is 10.0. The Bertz CT molecular complexity index is 1660. The van der Waals surface area contributed by atoms with Gasteiger partial charge in [0.15, 0.2) is 11.5 Å². The van der Waals surface area contributed by atoms with Gasteiger partial charge in [-0.25, -0.2) is 0 Å². The summed E-state index contributed by atoms with van der Waals surface area (Å²) < 4.78 is 11.8. The van der Waals surface area contributed by atoms with Gasteiger partial charge < -0.3 is 9.47 Å². The molecule has 2 amide bonds. The number of methoxy groups -OCH3 is 1. The second kappa shape index (κ2) is 12.2. The van der Waals surface area contributed by atoms with Crippen LogP contribution >= 0.6 is 35.0 Å². The number of ether oxygens (including phenoxy) is 2. The Morgan fingerprint density at radius 2 is 1.75 bits per heavy atom. The summed E-state index contributed by atoms with van der Waals surface area (Å²) in [4.78, 5) is 27.9. The number of benzene rings is 4. The number of thioether (sulfide) groups is 1. The molecule has 8 heteroatoms. The largest absolute Gasteiger partial charge is 0.493 e.